The number of pyridine rings is 1. The number of hydrogen-bond donors (Lipinski definition) is 0. The Morgan fingerprint density at radius 3 is 2.65 bits per heavy atom. The SMILES string of the molecule is COC(=O)c1cc(C)cnc1C1=NC(C)(C(C)C)C(=O)N1C#N. The number of nitrogens with zero attached hydrogens (tertiary/aromatic N) is 4. The molecule has 23 heavy (non-hydrogen) atoms. The number of carbonyl (C=O) groups excluding carboxylic acids is 2. The molecule has 0 aromatic carbocycles. The van der Waals surface area contributed by atoms with Crippen molar-refractivity contribution < 1.29 is 14.3 Å². The Hall–Kier alpha value is -2.75. The number of aryl methyl sites for hydroxylation is 1. The van der Waals surface area contributed by atoms with E-state index < -0.39 is 17.4 Å². The van der Waals surface area contributed by atoms with E-state index in [0.29, 0.717) is 0 Å². The highest BCUT2D eigenvalue weighted by molar-refractivity contribution is 6.18. The molecule has 0 N–H and O–H groups in total. The lowest BCUT2D eigenvalue weighted by molar-refractivity contribution is -0.129. The summed E-state index contributed by atoms with van der Waals surface area (Å²) in [5.74, 6) is -1.06. The fraction of sp³-hybridized carbons (Fsp3) is 0.438. The van der Waals surface area contributed by atoms with E-state index in [4.69, 9.17) is 4.74 Å². The quantitative estimate of drug-likeness (QED) is 0.624. The predicted octanol–water partition coefficient (Wildman–Crippen LogP) is 1.66. The second-order valence-electron chi connectivity index (χ2n) is 5.88. The maximum atomic E-state index is 12.5. The third-order valence-corrected chi connectivity index (χ3v) is 4.05. The van der Waals surface area contributed by atoms with Gasteiger partial charge in [-0.05, 0) is 31.4 Å². The van der Waals surface area contributed by atoms with Gasteiger partial charge in [0, 0.05) is 6.20 Å². The van der Waals surface area contributed by atoms with Crippen LogP contribution in [-0.2, 0) is 9.53 Å². The first-order chi connectivity index (χ1) is 10.8. The molecule has 1 aliphatic heterocycles. The predicted molar refractivity (Wildman–Crippen MR) is 82.6 cm³/mol. The van der Waals surface area contributed by atoms with E-state index in [1.54, 1.807) is 26.1 Å². The molecule has 1 unspecified atom stereocenters. The summed E-state index contributed by atoms with van der Waals surface area (Å²) in [6.07, 6.45) is 3.38. The Balaban J connectivity index is 2.68. The second-order valence-corrected chi connectivity index (χ2v) is 5.88. The number of aromatic nitrogens is 1. The summed E-state index contributed by atoms with van der Waals surface area (Å²) < 4.78 is 4.77. The number of carbonyl (C=O) groups is 2. The number of hydrogen-bond acceptors (Lipinski definition) is 6. The first-order valence-corrected chi connectivity index (χ1v) is 7.15. The van der Waals surface area contributed by atoms with E-state index in [1.807, 2.05) is 20.0 Å². The van der Waals surface area contributed by atoms with Gasteiger partial charge >= 0.3 is 5.97 Å². The van der Waals surface area contributed by atoms with Crippen LogP contribution >= 0.6 is 0 Å². The minimum atomic E-state index is -1.06. The largest absolute Gasteiger partial charge is 0.465 e. The van der Waals surface area contributed by atoms with Crippen LogP contribution in [0.15, 0.2) is 17.3 Å². The fourth-order valence-electron chi connectivity index (χ4n) is 2.28. The molecule has 2 rings (SSSR count). The number of nitriles is 1. The minimum Gasteiger partial charge on any atom is -0.465 e. The average molecular weight is 314 g/mol. The van der Waals surface area contributed by atoms with E-state index in [2.05, 4.69) is 9.98 Å². The van der Waals surface area contributed by atoms with Gasteiger partial charge in [-0.25, -0.2) is 9.79 Å². The molecule has 0 radical (unpaired) electrons. The molecule has 1 aromatic rings. The summed E-state index contributed by atoms with van der Waals surface area (Å²) in [6.45, 7) is 7.15. The highest BCUT2D eigenvalue weighted by Gasteiger charge is 2.48. The van der Waals surface area contributed by atoms with Gasteiger partial charge in [0.05, 0.1) is 12.7 Å². The molecule has 120 valence electrons. The van der Waals surface area contributed by atoms with Gasteiger partial charge in [0.25, 0.3) is 5.91 Å². The van der Waals surface area contributed by atoms with Crippen molar-refractivity contribution in [1.29, 1.82) is 5.26 Å². The fourth-order valence-corrected chi connectivity index (χ4v) is 2.28. The molecule has 2 heterocycles. The van der Waals surface area contributed by atoms with Crippen molar-refractivity contribution in [2.45, 2.75) is 33.2 Å². The summed E-state index contributed by atoms with van der Waals surface area (Å²) >= 11 is 0. The Labute approximate surface area is 134 Å². The maximum Gasteiger partial charge on any atom is 0.340 e. The molecular weight excluding hydrogens is 296 g/mol. The van der Waals surface area contributed by atoms with Gasteiger partial charge < -0.3 is 4.74 Å². The van der Waals surface area contributed by atoms with Crippen molar-refractivity contribution in [2.75, 3.05) is 7.11 Å². The van der Waals surface area contributed by atoms with Gasteiger partial charge in [-0.15, -0.1) is 0 Å². The summed E-state index contributed by atoms with van der Waals surface area (Å²) in [5.41, 5.74) is 0.0358. The van der Waals surface area contributed by atoms with Crippen molar-refractivity contribution in [3.05, 3.63) is 29.1 Å². The summed E-state index contributed by atoms with van der Waals surface area (Å²) in [7, 11) is 1.26. The number of methoxy groups -OCH3 is 1. The van der Waals surface area contributed by atoms with E-state index in [0.717, 1.165) is 10.5 Å². The zero-order chi connectivity index (χ0) is 17.4. The number of rotatable bonds is 3. The minimum absolute atomic E-state index is 0.0779. The first kappa shape index (κ1) is 16.6. The highest BCUT2D eigenvalue weighted by Crippen LogP contribution is 2.32. The van der Waals surface area contributed by atoms with Crippen LogP contribution in [0.25, 0.3) is 0 Å². The van der Waals surface area contributed by atoms with Gasteiger partial charge in [0.1, 0.15) is 11.2 Å². The molecule has 1 aromatic heterocycles. The molecule has 0 bridgehead atoms. The third-order valence-electron chi connectivity index (χ3n) is 4.05. The summed E-state index contributed by atoms with van der Waals surface area (Å²) in [5, 5.41) is 9.35. The molecule has 0 aliphatic carbocycles. The normalized spacial score (nSPS) is 20.5. The Morgan fingerprint density at radius 1 is 1.48 bits per heavy atom. The number of ether oxygens (including phenoxy) is 1. The zero-order valence-corrected chi connectivity index (χ0v) is 13.7. The number of esters is 1. The van der Waals surface area contributed by atoms with Crippen molar-refractivity contribution in [1.82, 2.24) is 9.88 Å². The topological polar surface area (TPSA) is 95.7 Å². The Morgan fingerprint density at radius 2 is 2.13 bits per heavy atom. The van der Waals surface area contributed by atoms with Crippen LogP contribution in [0.3, 0.4) is 0 Å². The number of amides is 1. The Bertz CT molecular complexity index is 748. The molecule has 7 nitrogen and oxygen atoms in total. The van der Waals surface area contributed by atoms with Gasteiger partial charge in [-0.1, -0.05) is 13.8 Å². The molecule has 0 saturated carbocycles. The second kappa shape index (κ2) is 5.80. The highest BCUT2D eigenvalue weighted by atomic mass is 16.5. The van der Waals surface area contributed by atoms with Crippen LogP contribution in [0.1, 0.15) is 42.4 Å². The lowest BCUT2D eigenvalue weighted by Crippen LogP contribution is -2.42. The van der Waals surface area contributed by atoms with Crippen LogP contribution in [0.2, 0.25) is 0 Å². The van der Waals surface area contributed by atoms with Gasteiger partial charge in [0.2, 0.25) is 0 Å². The van der Waals surface area contributed by atoms with E-state index in [9.17, 15) is 14.9 Å². The van der Waals surface area contributed by atoms with Crippen molar-refractivity contribution in [3.63, 3.8) is 0 Å². The molecule has 1 amide bonds. The van der Waals surface area contributed by atoms with Crippen LogP contribution in [-0.4, -0.2) is 40.2 Å². The molecule has 1 aliphatic rings. The van der Waals surface area contributed by atoms with Crippen LogP contribution in [0, 0.1) is 24.3 Å². The van der Waals surface area contributed by atoms with Crippen LogP contribution in [0.4, 0.5) is 0 Å². The number of amidine groups is 1. The summed E-state index contributed by atoms with van der Waals surface area (Å²) in [4.78, 5) is 34.1. The van der Waals surface area contributed by atoms with Crippen molar-refractivity contribution in [3.8, 4) is 6.19 Å². The van der Waals surface area contributed by atoms with Crippen molar-refractivity contribution in [2.24, 2.45) is 10.9 Å². The van der Waals surface area contributed by atoms with E-state index in [-0.39, 0.29) is 23.0 Å². The smallest absolute Gasteiger partial charge is 0.340 e. The zero-order valence-electron chi connectivity index (χ0n) is 13.7. The lowest BCUT2D eigenvalue weighted by atomic mass is 9.89. The summed E-state index contributed by atoms with van der Waals surface area (Å²) in [6, 6.07) is 1.60. The molecule has 0 spiro atoms. The van der Waals surface area contributed by atoms with Gasteiger partial charge in [-0.2, -0.15) is 10.2 Å². The molecule has 7 heteroatoms. The molecule has 0 saturated heterocycles. The van der Waals surface area contributed by atoms with E-state index >= 15 is 0 Å². The standard InChI is InChI=1S/C16H18N4O3/c1-9(2)16(4)15(22)20(8-17)13(19-16)12-11(14(21)23-5)6-10(3)7-18-12/h6-7,9H,1-5H3. The van der Waals surface area contributed by atoms with Crippen LogP contribution < -0.4 is 0 Å². The average Bonchev–Trinajstić information content (AvgIpc) is 2.79. The monoisotopic (exact) mass is 314 g/mol. The third kappa shape index (κ3) is 2.57. The molecule has 0 fully saturated rings. The first-order valence-electron chi connectivity index (χ1n) is 7.15. The van der Waals surface area contributed by atoms with E-state index in [1.165, 1.54) is 7.11 Å². The number of aliphatic imine (C=N–C) groups is 1. The Kier molecular flexibility index (Phi) is 4.19. The molecular formula is C16H18N4O3. The lowest BCUT2D eigenvalue weighted by Gasteiger charge is -2.22. The van der Waals surface area contributed by atoms with Gasteiger partial charge in [0.15, 0.2) is 12.0 Å². The van der Waals surface area contributed by atoms with Crippen molar-refractivity contribution >= 4 is 17.7 Å². The maximum absolute atomic E-state index is 12.5. The molecule has 1 atom stereocenters. The van der Waals surface area contributed by atoms with Crippen LogP contribution in [0.5, 0.6) is 0 Å². The van der Waals surface area contributed by atoms with Gasteiger partial charge in [-0.3, -0.25) is 9.78 Å².